The van der Waals surface area contributed by atoms with Crippen molar-refractivity contribution in [2.75, 3.05) is 19.6 Å². The normalized spacial score (nSPS) is 38.7. The molecule has 1 heterocycles. The van der Waals surface area contributed by atoms with Crippen LogP contribution in [0.2, 0.25) is 0 Å². The second-order valence-corrected chi connectivity index (χ2v) is 9.19. The molecule has 0 aromatic carbocycles. The van der Waals surface area contributed by atoms with E-state index in [0.717, 1.165) is 31.5 Å². The summed E-state index contributed by atoms with van der Waals surface area (Å²) in [6.45, 7) is 7.74. The van der Waals surface area contributed by atoms with E-state index in [1.165, 1.54) is 32.1 Å². The van der Waals surface area contributed by atoms with E-state index in [1.807, 2.05) is 0 Å². The smallest absolute Gasteiger partial charge is 0.241 e. The fraction of sp³-hybridized carbons (Fsp3) is 0.900. The minimum atomic E-state index is -2.13. The zero-order valence-corrected chi connectivity index (χ0v) is 16.7. The first-order chi connectivity index (χ1) is 11.5. The Labute approximate surface area is 154 Å². The van der Waals surface area contributed by atoms with Gasteiger partial charge in [-0.2, -0.15) is 0 Å². The summed E-state index contributed by atoms with van der Waals surface area (Å²) in [4.78, 5) is 4.64. The number of nitrogens with zero attached hydrogens (tertiary/aromatic N) is 1. The van der Waals surface area contributed by atoms with Crippen LogP contribution >= 0.6 is 15.9 Å². The summed E-state index contributed by atoms with van der Waals surface area (Å²) in [5, 5.41) is 0. The van der Waals surface area contributed by atoms with Crippen LogP contribution in [0, 0.1) is 29.1 Å². The highest BCUT2D eigenvalue weighted by molar-refractivity contribution is 9.11. The summed E-state index contributed by atoms with van der Waals surface area (Å²) in [6.07, 6.45) is 5.80. The third-order valence-electron chi connectivity index (χ3n) is 7.40. The standard InChI is InChI=1S/C20H32BrF2N/c1-14(13-24-10-7-15(8-11-24)19(22)23)17-5-6-18-16(12-21)4-3-9-20(17,18)2/h12,14-15,17-19H,3-11,13H2,1-2H3/b16-12+/t14-,17-,18-,20-/m1/s1. The Morgan fingerprint density at radius 3 is 2.58 bits per heavy atom. The maximum Gasteiger partial charge on any atom is 0.241 e. The largest absolute Gasteiger partial charge is 0.303 e. The molecule has 2 saturated carbocycles. The highest BCUT2D eigenvalue weighted by Crippen LogP contribution is 2.59. The van der Waals surface area contributed by atoms with Gasteiger partial charge in [-0.3, -0.25) is 0 Å². The van der Waals surface area contributed by atoms with Gasteiger partial charge in [0.2, 0.25) is 6.43 Å². The number of hydrogen-bond donors (Lipinski definition) is 0. The van der Waals surface area contributed by atoms with Crippen molar-refractivity contribution in [1.82, 2.24) is 4.90 Å². The number of likely N-dealkylation sites (tertiary alicyclic amines) is 1. The molecule has 0 unspecified atom stereocenters. The average molecular weight is 404 g/mol. The molecular weight excluding hydrogens is 372 g/mol. The SMILES string of the molecule is C[C@H](CN1CCC(C(F)F)CC1)[C@H]1CC[C@@H]2/C(=C/Br)CCC[C@@]21C. The lowest BCUT2D eigenvalue weighted by Gasteiger charge is -2.45. The Hall–Kier alpha value is 0.0400. The second kappa shape index (κ2) is 7.73. The molecular formula is C20H32BrF2N. The molecule has 0 amide bonds. The highest BCUT2D eigenvalue weighted by Gasteiger charge is 2.50. The van der Waals surface area contributed by atoms with Crippen molar-refractivity contribution < 1.29 is 8.78 Å². The van der Waals surface area contributed by atoms with Crippen molar-refractivity contribution in [2.45, 2.75) is 65.2 Å². The van der Waals surface area contributed by atoms with Crippen molar-refractivity contribution in [3.05, 3.63) is 10.6 Å². The van der Waals surface area contributed by atoms with E-state index in [-0.39, 0.29) is 5.92 Å². The number of fused-ring (bicyclic) bond motifs is 1. The molecule has 0 aromatic heterocycles. The third kappa shape index (κ3) is 3.60. The van der Waals surface area contributed by atoms with E-state index >= 15 is 0 Å². The van der Waals surface area contributed by atoms with Gasteiger partial charge in [0, 0.05) is 12.5 Å². The number of piperidine rings is 1. The van der Waals surface area contributed by atoms with E-state index in [2.05, 4.69) is 39.7 Å². The number of allylic oxidation sites excluding steroid dienone is 1. The Balaban J connectivity index is 1.59. The molecule has 1 saturated heterocycles. The molecule has 3 rings (SSSR count). The number of halogens is 3. The lowest BCUT2D eigenvalue weighted by Crippen LogP contribution is -2.42. The van der Waals surface area contributed by atoms with Crippen LogP contribution in [0.4, 0.5) is 8.78 Å². The molecule has 0 N–H and O–H groups in total. The summed E-state index contributed by atoms with van der Waals surface area (Å²) in [5.41, 5.74) is 2.06. The van der Waals surface area contributed by atoms with Crippen molar-refractivity contribution in [3.8, 4) is 0 Å². The van der Waals surface area contributed by atoms with E-state index in [4.69, 9.17) is 0 Å². The fourth-order valence-electron chi connectivity index (χ4n) is 6.07. The Kier molecular flexibility index (Phi) is 6.07. The van der Waals surface area contributed by atoms with Gasteiger partial charge < -0.3 is 4.90 Å². The molecule has 4 atom stereocenters. The van der Waals surface area contributed by atoms with E-state index in [9.17, 15) is 8.78 Å². The molecule has 3 aliphatic rings. The Morgan fingerprint density at radius 2 is 1.96 bits per heavy atom. The van der Waals surface area contributed by atoms with Crippen LogP contribution < -0.4 is 0 Å². The van der Waals surface area contributed by atoms with Gasteiger partial charge in [-0.15, -0.1) is 0 Å². The lowest BCUT2D eigenvalue weighted by molar-refractivity contribution is 0.0228. The first-order valence-electron chi connectivity index (χ1n) is 9.75. The molecule has 0 aromatic rings. The maximum atomic E-state index is 12.8. The molecule has 4 heteroatoms. The zero-order valence-electron chi connectivity index (χ0n) is 15.1. The molecule has 0 spiro atoms. The number of alkyl halides is 2. The molecule has 1 nitrogen and oxygen atoms in total. The van der Waals surface area contributed by atoms with Crippen molar-refractivity contribution in [1.29, 1.82) is 0 Å². The van der Waals surface area contributed by atoms with Crippen LogP contribution in [0.25, 0.3) is 0 Å². The summed E-state index contributed by atoms with van der Waals surface area (Å²) < 4.78 is 25.7. The first-order valence-corrected chi connectivity index (χ1v) is 10.7. The van der Waals surface area contributed by atoms with Gasteiger partial charge in [-0.25, -0.2) is 8.78 Å². The molecule has 3 fully saturated rings. The van der Waals surface area contributed by atoms with Crippen LogP contribution in [-0.2, 0) is 0 Å². The van der Waals surface area contributed by atoms with Crippen LogP contribution in [-0.4, -0.2) is 31.0 Å². The molecule has 0 radical (unpaired) electrons. The van der Waals surface area contributed by atoms with E-state index in [0.29, 0.717) is 24.2 Å². The second-order valence-electron chi connectivity index (χ2n) is 8.73. The minimum absolute atomic E-state index is 0.366. The summed E-state index contributed by atoms with van der Waals surface area (Å²) in [5.74, 6) is 1.83. The Bertz CT molecular complexity index is 459. The van der Waals surface area contributed by atoms with Crippen LogP contribution in [0.5, 0.6) is 0 Å². The Morgan fingerprint density at radius 1 is 1.25 bits per heavy atom. The van der Waals surface area contributed by atoms with Gasteiger partial charge in [0.05, 0.1) is 0 Å². The summed E-state index contributed by atoms with van der Waals surface area (Å²) in [7, 11) is 0. The monoisotopic (exact) mass is 403 g/mol. The number of rotatable bonds is 4. The van der Waals surface area contributed by atoms with Gasteiger partial charge in [0.25, 0.3) is 0 Å². The third-order valence-corrected chi connectivity index (χ3v) is 7.99. The molecule has 0 bridgehead atoms. The number of hydrogen-bond acceptors (Lipinski definition) is 1. The lowest BCUT2D eigenvalue weighted by atomic mass is 9.61. The quantitative estimate of drug-likeness (QED) is 0.548. The average Bonchev–Trinajstić information content (AvgIpc) is 2.92. The highest BCUT2D eigenvalue weighted by atomic mass is 79.9. The predicted octanol–water partition coefficient (Wildman–Crippen LogP) is 6.09. The van der Waals surface area contributed by atoms with Gasteiger partial charge in [0.15, 0.2) is 0 Å². The van der Waals surface area contributed by atoms with E-state index < -0.39 is 6.43 Å². The summed E-state index contributed by atoms with van der Waals surface area (Å²) in [6, 6.07) is 0. The maximum absolute atomic E-state index is 12.8. The van der Waals surface area contributed by atoms with Crippen molar-refractivity contribution in [3.63, 3.8) is 0 Å². The minimum Gasteiger partial charge on any atom is -0.303 e. The molecule has 2 aliphatic carbocycles. The van der Waals surface area contributed by atoms with Crippen LogP contribution in [0.1, 0.15) is 58.8 Å². The van der Waals surface area contributed by atoms with Gasteiger partial charge in [-0.1, -0.05) is 35.4 Å². The summed E-state index contributed by atoms with van der Waals surface area (Å²) >= 11 is 3.59. The van der Waals surface area contributed by atoms with E-state index in [1.54, 1.807) is 5.57 Å². The topological polar surface area (TPSA) is 3.24 Å². The van der Waals surface area contributed by atoms with Gasteiger partial charge in [0.1, 0.15) is 0 Å². The van der Waals surface area contributed by atoms with Crippen molar-refractivity contribution >= 4 is 15.9 Å². The van der Waals surface area contributed by atoms with Gasteiger partial charge in [-0.05, 0) is 86.2 Å². The van der Waals surface area contributed by atoms with Crippen LogP contribution in [0.3, 0.4) is 0 Å². The zero-order chi connectivity index (χ0) is 17.3. The molecule has 1 aliphatic heterocycles. The predicted molar refractivity (Wildman–Crippen MR) is 99.5 cm³/mol. The molecule has 138 valence electrons. The first kappa shape index (κ1) is 18.8. The van der Waals surface area contributed by atoms with Crippen LogP contribution in [0.15, 0.2) is 10.6 Å². The fourth-order valence-corrected chi connectivity index (χ4v) is 6.62. The molecule has 24 heavy (non-hydrogen) atoms. The van der Waals surface area contributed by atoms with Crippen molar-refractivity contribution in [2.24, 2.45) is 29.1 Å². The van der Waals surface area contributed by atoms with Gasteiger partial charge >= 0.3 is 0 Å².